The van der Waals surface area contributed by atoms with Gasteiger partial charge in [0.2, 0.25) is 0 Å². The van der Waals surface area contributed by atoms with E-state index in [1.165, 1.54) is 36.4 Å². The summed E-state index contributed by atoms with van der Waals surface area (Å²) in [4.78, 5) is 0. The third kappa shape index (κ3) is 3.66. The van der Waals surface area contributed by atoms with Crippen molar-refractivity contribution in [2.75, 3.05) is 6.54 Å². The fourth-order valence-corrected chi connectivity index (χ4v) is 2.76. The number of hydrogen-bond donors (Lipinski definition) is 1. The average Bonchev–Trinajstić information content (AvgIpc) is 2.43. The lowest BCUT2D eigenvalue weighted by atomic mass is 9.97. The fraction of sp³-hybridized carbons (Fsp3) is 0.250. The summed E-state index contributed by atoms with van der Waals surface area (Å²) in [6.45, 7) is 2.55. The summed E-state index contributed by atoms with van der Waals surface area (Å²) in [7, 11) is 0. The van der Waals surface area contributed by atoms with E-state index in [2.05, 4.69) is 21.2 Å². The molecule has 0 aliphatic carbocycles. The van der Waals surface area contributed by atoms with Crippen LogP contribution in [0.25, 0.3) is 0 Å². The second kappa shape index (κ2) is 7.09. The van der Waals surface area contributed by atoms with Crippen LogP contribution in [0.15, 0.2) is 40.9 Å². The van der Waals surface area contributed by atoms with E-state index in [0.717, 1.165) is 6.42 Å². The van der Waals surface area contributed by atoms with Crippen molar-refractivity contribution in [2.24, 2.45) is 0 Å². The smallest absolute Gasteiger partial charge is 0.131 e. The SMILES string of the molecule is CCCNC(c1ccc(F)cc1Br)c1c(F)cccc1F. The molecule has 21 heavy (non-hydrogen) atoms. The summed E-state index contributed by atoms with van der Waals surface area (Å²) < 4.78 is 41.8. The van der Waals surface area contributed by atoms with Gasteiger partial charge in [-0.2, -0.15) is 0 Å². The third-order valence-electron chi connectivity index (χ3n) is 3.16. The molecule has 5 heteroatoms. The zero-order valence-corrected chi connectivity index (χ0v) is 13.1. The minimum atomic E-state index is -0.680. The Morgan fingerprint density at radius 2 is 1.76 bits per heavy atom. The highest BCUT2D eigenvalue weighted by molar-refractivity contribution is 9.10. The lowest BCUT2D eigenvalue weighted by molar-refractivity contribution is 0.501. The number of benzene rings is 2. The van der Waals surface area contributed by atoms with Crippen LogP contribution >= 0.6 is 15.9 Å². The van der Waals surface area contributed by atoms with Gasteiger partial charge in [-0.25, -0.2) is 13.2 Å². The quantitative estimate of drug-likeness (QED) is 0.797. The van der Waals surface area contributed by atoms with Crippen molar-refractivity contribution in [3.8, 4) is 0 Å². The summed E-state index contributed by atoms with van der Waals surface area (Å²) in [6.07, 6.45) is 0.811. The van der Waals surface area contributed by atoms with Crippen LogP contribution in [0, 0.1) is 17.5 Å². The molecule has 0 radical (unpaired) electrons. The van der Waals surface area contributed by atoms with Crippen molar-refractivity contribution < 1.29 is 13.2 Å². The van der Waals surface area contributed by atoms with E-state index in [9.17, 15) is 13.2 Å². The van der Waals surface area contributed by atoms with Crippen LogP contribution in [-0.4, -0.2) is 6.54 Å². The molecule has 112 valence electrons. The molecule has 0 aliphatic heterocycles. The molecule has 1 N–H and O–H groups in total. The predicted molar refractivity (Wildman–Crippen MR) is 80.6 cm³/mol. The minimum Gasteiger partial charge on any atom is -0.306 e. The van der Waals surface area contributed by atoms with Gasteiger partial charge in [0.05, 0.1) is 6.04 Å². The molecule has 0 aliphatic rings. The van der Waals surface area contributed by atoms with Crippen molar-refractivity contribution >= 4 is 15.9 Å². The molecule has 0 aromatic heterocycles. The molecule has 2 aromatic rings. The first-order valence-corrected chi connectivity index (χ1v) is 7.46. The molecule has 0 amide bonds. The fourth-order valence-electron chi connectivity index (χ4n) is 2.18. The van der Waals surface area contributed by atoms with Crippen LogP contribution in [0.2, 0.25) is 0 Å². The van der Waals surface area contributed by atoms with Crippen LogP contribution in [0.3, 0.4) is 0 Å². The van der Waals surface area contributed by atoms with Crippen LogP contribution in [0.4, 0.5) is 13.2 Å². The Kier molecular flexibility index (Phi) is 5.42. The molecule has 1 atom stereocenters. The van der Waals surface area contributed by atoms with Crippen molar-refractivity contribution in [1.29, 1.82) is 0 Å². The molecular formula is C16H15BrF3N. The van der Waals surface area contributed by atoms with Gasteiger partial charge in [-0.3, -0.25) is 0 Å². The minimum absolute atomic E-state index is 0.0572. The van der Waals surface area contributed by atoms with Gasteiger partial charge in [0, 0.05) is 10.0 Å². The Labute approximate surface area is 130 Å². The maximum Gasteiger partial charge on any atom is 0.131 e. The Bertz CT molecular complexity index is 611. The van der Waals surface area contributed by atoms with Crippen molar-refractivity contribution in [3.05, 3.63) is 69.4 Å². The first kappa shape index (κ1) is 16.0. The van der Waals surface area contributed by atoms with Crippen LogP contribution in [0.1, 0.15) is 30.5 Å². The molecule has 0 fully saturated rings. The summed E-state index contributed by atoms with van der Waals surface area (Å²) >= 11 is 3.26. The Morgan fingerprint density at radius 3 is 2.33 bits per heavy atom. The van der Waals surface area contributed by atoms with Gasteiger partial charge in [0.25, 0.3) is 0 Å². The molecule has 0 bridgehead atoms. The summed E-state index contributed by atoms with van der Waals surface area (Å²) in [6, 6.07) is 7.17. The molecule has 2 aromatic carbocycles. The maximum absolute atomic E-state index is 14.1. The average molecular weight is 358 g/mol. The molecular weight excluding hydrogens is 343 g/mol. The highest BCUT2D eigenvalue weighted by Crippen LogP contribution is 2.32. The largest absolute Gasteiger partial charge is 0.306 e. The van der Waals surface area contributed by atoms with E-state index < -0.39 is 23.5 Å². The van der Waals surface area contributed by atoms with E-state index >= 15 is 0 Å². The van der Waals surface area contributed by atoms with Gasteiger partial charge >= 0.3 is 0 Å². The monoisotopic (exact) mass is 357 g/mol. The van der Waals surface area contributed by atoms with Crippen molar-refractivity contribution in [2.45, 2.75) is 19.4 Å². The standard InChI is InChI=1S/C16H15BrF3N/c1-2-8-21-16(11-7-6-10(18)9-12(11)17)15-13(19)4-3-5-14(15)20/h3-7,9,16,21H,2,8H2,1H3. The van der Waals surface area contributed by atoms with E-state index in [0.29, 0.717) is 16.6 Å². The summed E-state index contributed by atoms with van der Waals surface area (Å²) in [5.74, 6) is -1.66. The predicted octanol–water partition coefficient (Wildman–Crippen LogP) is 4.96. The molecule has 0 saturated carbocycles. The Morgan fingerprint density at radius 1 is 1.10 bits per heavy atom. The molecule has 0 heterocycles. The number of hydrogen-bond acceptors (Lipinski definition) is 1. The van der Waals surface area contributed by atoms with Gasteiger partial charge in [0.15, 0.2) is 0 Å². The van der Waals surface area contributed by atoms with E-state index in [1.807, 2.05) is 6.92 Å². The topological polar surface area (TPSA) is 12.0 Å². The summed E-state index contributed by atoms with van der Waals surface area (Å²) in [5, 5.41) is 3.11. The second-order valence-corrected chi connectivity index (χ2v) is 5.54. The third-order valence-corrected chi connectivity index (χ3v) is 3.85. The molecule has 1 unspecified atom stereocenters. The molecule has 0 saturated heterocycles. The number of nitrogens with one attached hydrogen (secondary N) is 1. The van der Waals surface area contributed by atoms with Gasteiger partial charge in [-0.1, -0.05) is 35.0 Å². The Hall–Kier alpha value is -1.33. The zero-order chi connectivity index (χ0) is 15.4. The molecule has 2 rings (SSSR count). The number of rotatable bonds is 5. The molecule has 0 spiro atoms. The first-order chi connectivity index (χ1) is 10.0. The highest BCUT2D eigenvalue weighted by Gasteiger charge is 2.23. The van der Waals surface area contributed by atoms with Crippen LogP contribution < -0.4 is 5.32 Å². The van der Waals surface area contributed by atoms with Crippen LogP contribution in [-0.2, 0) is 0 Å². The van der Waals surface area contributed by atoms with Gasteiger partial charge in [-0.05, 0) is 42.8 Å². The van der Waals surface area contributed by atoms with Crippen LogP contribution in [0.5, 0.6) is 0 Å². The van der Waals surface area contributed by atoms with Crippen molar-refractivity contribution in [3.63, 3.8) is 0 Å². The normalized spacial score (nSPS) is 12.4. The lowest BCUT2D eigenvalue weighted by Gasteiger charge is -2.22. The van der Waals surface area contributed by atoms with E-state index in [1.54, 1.807) is 0 Å². The van der Waals surface area contributed by atoms with E-state index in [4.69, 9.17) is 0 Å². The van der Waals surface area contributed by atoms with E-state index in [-0.39, 0.29) is 5.56 Å². The maximum atomic E-state index is 14.1. The van der Waals surface area contributed by atoms with Gasteiger partial charge in [-0.15, -0.1) is 0 Å². The van der Waals surface area contributed by atoms with Crippen molar-refractivity contribution in [1.82, 2.24) is 5.32 Å². The van der Waals surface area contributed by atoms with Gasteiger partial charge in [0.1, 0.15) is 17.5 Å². The van der Waals surface area contributed by atoms with Gasteiger partial charge < -0.3 is 5.32 Å². The zero-order valence-electron chi connectivity index (χ0n) is 11.5. The lowest BCUT2D eigenvalue weighted by Crippen LogP contribution is -2.25. The summed E-state index contributed by atoms with van der Waals surface area (Å²) in [5.41, 5.74) is 0.534. The number of halogens is 4. The molecule has 1 nitrogen and oxygen atoms in total. The Balaban J connectivity index is 2.52. The highest BCUT2D eigenvalue weighted by atomic mass is 79.9. The first-order valence-electron chi connectivity index (χ1n) is 6.66. The second-order valence-electron chi connectivity index (χ2n) is 4.69.